The Morgan fingerprint density at radius 3 is 2.83 bits per heavy atom. The van der Waals surface area contributed by atoms with Crippen LogP contribution in [0.3, 0.4) is 0 Å². The number of nitrogens with one attached hydrogen (secondary N) is 2. The molecule has 0 spiro atoms. The fraction of sp³-hybridized carbons (Fsp3) is 0.235. The molecule has 0 saturated carbocycles. The monoisotopic (exact) mass is 361 g/mol. The topological polar surface area (TPSA) is 82.0 Å². The average Bonchev–Trinajstić information content (AvgIpc) is 2.55. The molecule has 1 atom stereocenters. The molecular formula is C17H16ClN3O2S. The van der Waals surface area contributed by atoms with Gasteiger partial charge < -0.3 is 5.32 Å². The van der Waals surface area contributed by atoms with E-state index < -0.39 is 10.0 Å². The smallest absolute Gasteiger partial charge is 0.216 e. The van der Waals surface area contributed by atoms with Crippen molar-refractivity contribution in [1.29, 1.82) is 5.26 Å². The Hall–Kier alpha value is -2.07. The lowest BCUT2D eigenvalue weighted by Crippen LogP contribution is -2.43. The third-order valence-electron chi connectivity index (χ3n) is 3.89. The van der Waals surface area contributed by atoms with E-state index in [4.69, 9.17) is 16.9 Å². The quantitative estimate of drug-likeness (QED) is 0.877. The Labute approximate surface area is 146 Å². The van der Waals surface area contributed by atoms with Crippen LogP contribution in [-0.2, 0) is 22.2 Å². The molecule has 0 radical (unpaired) electrons. The largest absolute Gasteiger partial charge is 0.383 e. The molecule has 1 aliphatic heterocycles. The Kier molecular flexibility index (Phi) is 4.76. The molecule has 124 valence electrons. The maximum absolute atomic E-state index is 12.4. The van der Waals surface area contributed by atoms with Crippen LogP contribution in [0.4, 0.5) is 5.69 Å². The van der Waals surface area contributed by atoms with Crippen molar-refractivity contribution in [3.8, 4) is 6.07 Å². The number of halogens is 1. The van der Waals surface area contributed by atoms with E-state index in [1.165, 1.54) is 0 Å². The van der Waals surface area contributed by atoms with E-state index in [1.54, 1.807) is 36.4 Å². The van der Waals surface area contributed by atoms with Crippen molar-refractivity contribution in [2.45, 2.75) is 18.2 Å². The first-order chi connectivity index (χ1) is 11.5. The Morgan fingerprint density at radius 2 is 2.08 bits per heavy atom. The molecule has 0 fully saturated rings. The zero-order valence-electron chi connectivity index (χ0n) is 12.8. The minimum absolute atomic E-state index is 0.158. The first-order valence-electron chi connectivity index (χ1n) is 7.47. The van der Waals surface area contributed by atoms with Gasteiger partial charge in [0.1, 0.15) is 0 Å². The summed E-state index contributed by atoms with van der Waals surface area (Å²) in [6.45, 7) is 0.501. The lowest BCUT2D eigenvalue weighted by molar-refractivity contribution is 0.548. The highest BCUT2D eigenvalue weighted by Gasteiger charge is 2.24. The van der Waals surface area contributed by atoms with E-state index in [0.717, 1.165) is 11.3 Å². The number of hydrogen-bond acceptors (Lipinski definition) is 4. The molecular weight excluding hydrogens is 346 g/mol. The van der Waals surface area contributed by atoms with Gasteiger partial charge in [-0.05, 0) is 41.8 Å². The number of nitrogens with zero attached hydrogens (tertiary/aromatic N) is 1. The zero-order chi connectivity index (χ0) is 17.2. The standard InChI is InChI=1S/C17H16ClN3O2S/c18-16-4-2-1-3-13(16)11-24(22,23)21-15-8-14-7-12(9-19)5-6-17(14)20-10-15/h1-7,15,20-21H,8,10-11H2. The van der Waals surface area contributed by atoms with Crippen molar-refractivity contribution >= 4 is 27.3 Å². The van der Waals surface area contributed by atoms with Crippen molar-refractivity contribution in [3.05, 3.63) is 64.2 Å². The minimum atomic E-state index is -3.51. The molecule has 7 heteroatoms. The normalized spacial score (nSPS) is 16.8. The van der Waals surface area contributed by atoms with Crippen molar-refractivity contribution in [3.63, 3.8) is 0 Å². The predicted molar refractivity (Wildman–Crippen MR) is 94.4 cm³/mol. The summed E-state index contributed by atoms with van der Waals surface area (Å²) in [4.78, 5) is 0. The number of fused-ring (bicyclic) bond motifs is 1. The van der Waals surface area contributed by atoms with E-state index in [-0.39, 0.29) is 11.8 Å². The highest BCUT2D eigenvalue weighted by Crippen LogP contribution is 2.24. The van der Waals surface area contributed by atoms with Gasteiger partial charge in [0.2, 0.25) is 10.0 Å². The molecule has 5 nitrogen and oxygen atoms in total. The number of sulfonamides is 1. The maximum atomic E-state index is 12.4. The number of rotatable bonds is 4. The first-order valence-corrected chi connectivity index (χ1v) is 9.50. The highest BCUT2D eigenvalue weighted by atomic mass is 35.5. The van der Waals surface area contributed by atoms with Crippen LogP contribution in [-0.4, -0.2) is 21.0 Å². The SMILES string of the molecule is N#Cc1ccc2c(c1)CC(NS(=O)(=O)Cc1ccccc1Cl)CN2. The lowest BCUT2D eigenvalue weighted by atomic mass is 9.98. The van der Waals surface area contributed by atoms with Crippen LogP contribution >= 0.6 is 11.6 Å². The second kappa shape index (κ2) is 6.81. The summed E-state index contributed by atoms with van der Waals surface area (Å²) < 4.78 is 27.5. The molecule has 24 heavy (non-hydrogen) atoms. The van der Waals surface area contributed by atoms with Gasteiger partial charge in [0.25, 0.3) is 0 Å². The van der Waals surface area contributed by atoms with Gasteiger partial charge in [-0.2, -0.15) is 5.26 Å². The molecule has 0 bridgehead atoms. The van der Waals surface area contributed by atoms with Crippen LogP contribution in [0.5, 0.6) is 0 Å². The second-order valence-electron chi connectivity index (χ2n) is 5.73. The van der Waals surface area contributed by atoms with Crippen LogP contribution in [0.15, 0.2) is 42.5 Å². The fourth-order valence-corrected chi connectivity index (χ4v) is 4.48. The van der Waals surface area contributed by atoms with Gasteiger partial charge in [0, 0.05) is 23.3 Å². The van der Waals surface area contributed by atoms with Crippen molar-refractivity contribution in [1.82, 2.24) is 4.72 Å². The molecule has 1 heterocycles. The summed E-state index contributed by atoms with van der Waals surface area (Å²) in [5, 5.41) is 12.6. The molecule has 3 rings (SSSR count). The van der Waals surface area contributed by atoms with Crippen LogP contribution in [0.2, 0.25) is 5.02 Å². The van der Waals surface area contributed by atoms with Crippen LogP contribution in [0, 0.1) is 11.3 Å². The summed E-state index contributed by atoms with van der Waals surface area (Å²) >= 11 is 6.04. The number of anilines is 1. The van der Waals surface area contributed by atoms with Gasteiger partial charge in [0.05, 0.1) is 17.4 Å². The fourth-order valence-electron chi connectivity index (χ4n) is 2.77. The maximum Gasteiger partial charge on any atom is 0.216 e. The summed E-state index contributed by atoms with van der Waals surface area (Å²) in [6, 6.07) is 14.1. The zero-order valence-corrected chi connectivity index (χ0v) is 14.4. The van der Waals surface area contributed by atoms with Crippen LogP contribution < -0.4 is 10.0 Å². The average molecular weight is 362 g/mol. The van der Waals surface area contributed by atoms with Gasteiger partial charge in [0.15, 0.2) is 0 Å². The molecule has 0 aliphatic carbocycles. The van der Waals surface area contributed by atoms with Gasteiger partial charge in [-0.1, -0.05) is 29.8 Å². The third kappa shape index (κ3) is 3.88. The number of benzene rings is 2. The Morgan fingerprint density at radius 1 is 1.29 bits per heavy atom. The lowest BCUT2D eigenvalue weighted by Gasteiger charge is -2.27. The van der Waals surface area contributed by atoms with Gasteiger partial charge >= 0.3 is 0 Å². The predicted octanol–water partition coefficient (Wildman–Crippen LogP) is 2.67. The molecule has 0 saturated heterocycles. The minimum Gasteiger partial charge on any atom is -0.383 e. The molecule has 0 amide bonds. The summed E-state index contributed by atoms with van der Waals surface area (Å²) in [7, 11) is -3.51. The molecule has 1 unspecified atom stereocenters. The summed E-state index contributed by atoms with van der Waals surface area (Å²) in [6.07, 6.45) is 0.541. The number of nitriles is 1. The second-order valence-corrected chi connectivity index (χ2v) is 7.90. The number of hydrogen-bond donors (Lipinski definition) is 2. The third-order valence-corrected chi connectivity index (χ3v) is 5.64. The van der Waals surface area contributed by atoms with Gasteiger partial charge in [-0.3, -0.25) is 0 Å². The molecule has 2 aromatic carbocycles. The Balaban J connectivity index is 1.72. The van der Waals surface area contributed by atoms with Crippen molar-refractivity contribution in [2.75, 3.05) is 11.9 Å². The summed E-state index contributed by atoms with van der Waals surface area (Å²) in [5.41, 5.74) is 3.01. The Bertz CT molecular complexity index is 906. The van der Waals surface area contributed by atoms with E-state index in [0.29, 0.717) is 29.1 Å². The summed E-state index contributed by atoms with van der Waals surface area (Å²) in [5.74, 6) is -0.158. The van der Waals surface area contributed by atoms with Gasteiger partial charge in [-0.15, -0.1) is 0 Å². The van der Waals surface area contributed by atoms with Crippen molar-refractivity contribution < 1.29 is 8.42 Å². The molecule has 0 aromatic heterocycles. The first kappa shape index (κ1) is 16.8. The van der Waals surface area contributed by atoms with E-state index in [9.17, 15) is 8.42 Å². The van der Waals surface area contributed by atoms with E-state index in [1.807, 2.05) is 6.07 Å². The molecule has 2 aromatic rings. The van der Waals surface area contributed by atoms with Crippen molar-refractivity contribution in [2.24, 2.45) is 0 Å². The molecule has 2 N–H and O–H groups in total. The molecule has 1 aliphatic rings. The van der Waals surface area contributed by atoms with E-state index in [2.05, 4.69) is 16.1 Å². The van der Waals surface area contributed by atoms with Crippen LogP contribution in [0.1, 0.15) is 16.7 Å². The van der Waals surface area contributed by atoms with Crippen LogP contribution in [0.25, 0.3) is 0 Å². The van der Waals surface area contributed by atoms with Gasteiger partial charge in [-0.25, -0.2) is 13.1 Å². The van der Waals surface area contributed by atoms with E-state index >= 15 is 0 Å². The highest BCUT2D eigenvalue weighted by molar-refractivity contribution is 7.88.